The molecular weight excluding hydrogens is 308 g/mol. The average Bonchev–Trinajstić information content (AvgIpc) is 2.44. The van der Waals surface area contributed by atoms with E-state index in [4.69, 9.17) is 18.0 Å². The maximum Gasteiger partial charge on any atom is 0.742 e. The van der Waals surface area contributed by atoms with Gasteiger partial charge in [-0.3, -0.25) is 14.4 Å². The standard InChI is InChI=1S/C14H18O7Si/c1-4-18-10-14(17)21-22(19-11(2)15,20-12(3)16)13-8-6-5-7-9-13/h5-9H,4,10H2,1-3H3. The van der Waals surface area contributed by atoms with Crippen molar-refractivity contribution >= 4 is 31.9 Å². The molecule has 0 bridgehead atoms. The molecule has 0 saturated carbocycles. The van der Waals surface area contributed by atoms with Gasteiger partial charge in [0.15, 0.2) is 0 Å². The van der Waals surface area contributed by atoms with E-state index in [-0.39, 0.29) is 6.61 Å². The van der Waals surface area contributed by atoms with Crippen molar-refractivity contribution < 1.29 is 32.4 Å². The minimum absolute atomic E-state index is 0.316. The number of benzene rings is 1. The van der Waals surface area contributed by atoms with Crippen LogP contribution in [0.3, 0.4) is 0 Å². The molecule has 1 aromatic carbocycles. The third kappa shape index (κ3) is 5.30. The van der Waals surface area contributed by atoms with Gasteiger partial charge in [-0.25, -0.2) is 0 Å². The molecule has 8 heteroatoms. The molecule has 0 N–H and O–H groups in total. The fourth-order valence-electron chi connectivity index (χ4n) is 1.62. The summed E-state index contributed by atoms with van der Waals surface area (Å²) >= 11 is 0. The second-order valence-corrected chi connectivity index (χ2v) is 6.52. The van der Waals surface area contributed by atoms with Crippen molar-refractivity contribution in [3.8, 4) is 0 Å². The van der Waals surface area contributed by atoms with Gasteiger partial charge in [0.25, 0.3) is 11.9 Å². The van der Waals surface area contributed by atoms with Crippen LogP contribution >= 0.6 is 0 Å². The van der Waals surface area contributed by atoms with Gasteiger partial charge in [0, 0.05) is 20.5 Å². The van der Waals surface area contributed by atoms with Crippen molar-refractivity contribution in [1.82, 2.24) is 0 Å². The first-order chi connectivity index (χ1) is 10.4. The van der Waals surface area contributed by atoms with Crippen LogP contribution in [0.1, 0.15) is 20.8 Å². The summed E-state index contributed by atoms with van der Waals surface area (Å²) in [6.45, 7) is 3.99. The highest BCUT2D eigenvalue weighted by Crippen LogP contribution is 2.12. The lowest BCUT2D eigenvalue weighted by atomic mass is 10.4. The lowest BCUT2D eigenvalue weighted by Crippen LogP contribution is -2.59. The SMILES string of the molecule is CCOCC(=O)O[Si](OC(C)=O)(OC(C)=O)c1ccccc1. The van der Waals surface area contributed by atoms with Crippen LogP contribution in [0.2, 0.25) is 0 Å². The summed E-state index contributed by atoms with van der Waals surface area (Å²) < 4.78 is 20.5. The van der Waals surface area contributed by atoms with E-state index < -0.39 is 26.7 Å². The zero-order valence-corrected chi connectivity index (χ0v) is 13.7. The van der Waals surface area contributed by atoms with Gasteiger partial charge < -0.3 is 18.0 Å². The quantitative estimate of drug-likeness (QED) is 0.676. The van der Waals surface area contributed by atoms with Crippen LogP contribution in [0, 0.1) is 0 Å². The Balaban J connectivity index is 3.16. The van der Waals surface area contributed by atoms with Crippen LogP contribution in [0.5, 0.6) is 0 Å². The van der Waals surface area contributed by atoms with E-state index in [0.29, 0.717) is 11.8 Å². The molecule has 120 valence electrons. The maximum atomic E-state index is 11.9. The largest absolute Gasteiger partial charge is 0.742 e. The highest BCUT2D eigenvalue weighted by Gasteiger charge is 2.54. The van der Waals surface area contributed by atoms with Gasteiger partial charge in [0.1, 0.15) is 6.61 Å². The van der Waals surface area contributed by atoms with Gasteiger partial charge in [-0.05, 0) is 6.92 Å². The Kier molecular flexibility index (Phi) is 6.74. The van der Waals surface area contributed by atoms with E-state index in [1.165, 1.54) is 0 Å². The molecule has 0 amide bonds. The molecule has 0 atom stereocenters. The lowest BCUT2D eigenvalue weighted by molar-refractivity contribution is -0.150. The van der Waals surface area contributed by atoms with Crippen molar-refractivity contribution in [2.24, 2.45) is 0 Å². The average molecular weight is 326 g/mol. The second kappa shape index (κ2) is 8.30. The molecule has 0 unspecified atom stereocenters. The van der Waals surface area contributed by atoms with Crippen LogP contribution in [-0.2, 0) is 32.4 Å². The van der Waals surface area contributed by atoms with Crippen LogP contribution < -0.4 is 5.19 Å². The summed E-state index contributed by atoms with van der Waals surface area (Å²) in [6, 6.07) is 8.16. The smallest absolute Gasteiger partial charge is 0.452 e. The van der Waals surface area contributed by atoms with E-state index in [9.17, 15) is 14.4 Å². The van der Waals surface area contributed by atoms with Crippen LogP contribution in [0.25, 0.3) is 0 Å². The fraction of sp³-hybridized carbons (Fsp3) is 0.357. The Morgan fingerprint density at radius 3 is 1.95 bits per heavy atom. The monoisotopic (exact) mass is 326 g/mol. The first-order valence-corrected chi connectivity index (χ1v) is 8.36. The minimum Gasteiger partial charge on any atom is -0.452 e. The third-order valence-corrected chi connectivity index (χ3v) is 5.00. The fourth-order valence-corrected chi connectivity index (χ4v) is 3.82. The summed E-state index contributed by atoms with van der Waals surface area (Å²) in [7, 11) is -4.04. The number of hydrogen-bond donors (Lipinski definition) is 0. The molecule has 0 aromatic heterocycles. The summed E-state index contributed by atoms with van der Waals surface area (Å²) in [5.41, 5.74) is 0. The highest BCUT2D eigenvalue weighted by atomic mass is 28.4. The van der Waals surface area contributed by atoms with Gasteiger partial charge in [0.2, 0.25) is 0 Å². The number of ether oxygens (including phenoxy) is 1. The predicted molar refractivity (Wildman–Crippen MR) is 77.9 cm³/mol. The summed E-state index contributed by atoms with van der Waals surface area (Å²) in [5, 5.41) is 0.324. The van der Waals surface area contributed by atoms with Gasteiger partial charge in [-0.2, -0.15) is 0 Å². The molecule has 0 radical (unpaired) electrons. The predicted octanol–water partition coefficient (Wildman–Crippen LogP) is 0.538. The van der Waals surface area contributed by atoms with Crippen LogP contribution in [-0.4, -0.2) is 39.9 Å². The third-order valence-electron chi connectivity index (χ3n) is 2.36. The molecule has 1 aromatic rings. The first kappa shape index (κ1) is 17.9. The van der Waals surface area contributed by atoms with E-state index in [1.807, 2.05) is 0 Å². The molecule has 22 heavy (non-hydrogen) atoms. The zero-order valence-electron chi connectivity index (χ0n) is 12.7. The Hall–Kier alpha value is -2.19. The van der Waals surface area contributed by atoms with Crippen molar-refractivity contribution in [3.63, 3.8) is 0 Å². The van der Waals surface area contributed by atoms with Crippen molar-refractivity contribution in [3.05, 3.63) is 30.3 Å². The number of rotatable bonds is 7. The normalized spacial score (nSPS) is 10.7. The number of carbonyl (C=O) groups excluding carboxylic acids is 3. The lowest BCUT2D eigenvalue weighted by Gasteiger charge is -2.26. The molecule has 0 heterocycles. The molecule has 0 saturated heterocycles. The molecule has 0 fully saturated rings. The van der Waals surface area contributed by atoms with Crippen LogP contribution in [0.15, 0.2) is 30.3 Å². The minimum atomic E-state index is -4.04. The summed E-state index contributed by atoms with van der Waals surface area (Å²) in [5.74, 6) is -2.22. The second-order valence-electron chi connectivity index (χ2n) is 4.22. The Bertz CT molecular complexity index is 513. The summed E-state index contributed by atoms with van der Waals surface area (Å²) in [4.78, 5) is 34.7. The van der Waals surface area contributed by atoms with Gasteiger partial charge >= 0.3 is 14.8 Å². The summed E-state index contributed by atoms with van der Waals surface area (Å²) in [6.07, 6.45) is 0. The first-order valence-electron chi connectivity index (χ1n) is 6.64. The van der Waals surface area contributed by atoms with E-state index >= 15 is 0 Å². The molecule has 0 aliphatic rings. The molecule has 0 aliphatic heterocycles. The number of carbonyl (C=O) groups is 3. The van der Waals surface area contributed by atoms with Gasteiger partial charge in [0.05, 0.1) is 5.19 Å². The van der Waals surface area contributed by atoms with Crippen molar-refractivity contribution in [2.75, 3.05) is 13.2 Å². The van der Waals surface area contributed by atoms with Gasteiger partial charge in [-0.15, -0.1) is 0 Å². The Morgan fingerprint density at radius 2 is 1.50 bits per heavy atom. The van der Waals surface area contributed by atoms with Crippen molar-refractivity contribution in [2.45, 2.75) is 20.8 Å². The Labute approximate surface area is 129 Å². The van der Waals surface area contributed by atoms with Crippen LogP contribution in [0.4, 0.5) is 0 Å². The molecule has 0 spiro atoms. The topological polar surface area (TPSA) is 88.1 Å². The highest BCUT2D eigenvalue weighted by molar-refractivity contribution is 6.79. The Morgan fingerprint density at radius 1 is 0.955 bits per heavy atom. The van der Waals surface area contributed by atoms with Gasteiger partial charge in [-0.1, -0.05) is 30.3 Å². The zero-order chi connectivity index (χ0) is 16.6. The van der Waals surface area contributed by atoms with E-state index in [1.54, 1.807) is 37.3 Å². The molecule has 7 nitrogen and oxygen atoms in total. The number of hydrogen-bond acceptors (Lipinski definition) is 7. The molecule has 0 aliphatic carbocycles. The maximum absolute atomic E-state index is 11.9. The molecular formula is C14H18O7Si. The molecule has 1 rings (SSSR count). The van der Waals surface area contributed by atoms with Crippen molar-refractivity contribution in [1.29, 1.82) is 0 Å². The van der Waals surface area contributed by atoms with E-state index in [0.717, 1.165) is 13.8 Å². The van der Waals surface area contributed by atoms with E-state index in [2.05, 4.69) is 0 Å².